The molecule has 6 heteroatoms. The van der Waals surface area contributed by atoms with Crippen LogP contribution in [0, 0.1) is 5.92 Å². The third-order valence-corrected chi connectivity index (χ3v) is 3.42. The van der Waals surface area contributed by atoms with Crippen LogP contribution in [0.15, 0.2) is 30.6 Å². The largest absolute Gasteiger partial charge is 0.385 e. The van der Waals surface area contributed by atoms with Crippen LogP contribution >= 0.6 is 0 Å². The van der Waals surface area contributed by atoms with E-state index in [-0.39, 0.29) is 0 Å². The molecule has 19 heavy (non-hydrogen) atoms. The highest BCUT2D eigenvalue weighted by molar-refractivity contribution is 5.48. The summed E-state index contributed by atoms with van der Waals surface area (Å²) in [4.78, 5) is 0. The van der Waals surface area contributed by atoms with Gasteiger partial charge in [0.05, 0.1) is 5.69 Å². The fraction of sp³-hybridized carbons (Fsp3) is 0.462. The van der Waals surface area contributed by atoms with Crippen LogP contribution in [-0.2, 0) is 4.74 Å². The highest BCUT2D eigenvalue weighted by Crippen LogP contribution is 2.17. The van der Waals surface area contributed by atoms with E-state index in [1.165, 1.54) is 0 Å². The quantitative estimate of drug-likeness (QED) is 0.901. The molecule has 1 fully saturated rings. The molecule has 3 rings (SSSR count). The lowest BCUT2D eigenvalue weighted by Crippen LogP contribution is -2.22. The Balaban J connectivity index is 1.57. The van der Waals surface area contributed by atoms with Crippen molar-refractivity contribution < 1.29 is 4.74 Å². The molecule has 0 atom stereocenters. The van der Waals surface area contributed by atoms with Crippen molar-refractivity contribution >= 4 is 5.69 Å². The molecule has 0 amide bonds. The molecule has 1 aliphatic rings. The average molecular weight is 259 g/mol. The molecule has 0 aliphatic carbocycles. The number of benzene rings is 1. The Morgan fingerprint density at radius 1 is 1.21 bits per heavy atom. The molecule has 1 aromatic carbocycles. The number of hydrogen-bond acceptors (Lipinski definition) is 5. The van der Waals surface area contributed by atoms with Crippen molar-refractivity contribution in [3.63, 3.8) is 0 Å². The molecule has 0 unspecified atom stereocenters. The van der Waals surface area contributed by atoms with Crippen molar-refractivity contribution in [1.82, 2.24) is 20.2 Å². The van der Waals surface area contributed by atoms with Crippen molar-refractivity contribution in [2.45, 2.75) is 12.8 Å². The second-order valence-corrected chi connectivity index (χ2v) is 4.74. The number of hydrogen-bond donors (Lipinski definition) is 1. The van der Waals surface area contributed by atoms with Crippen LogP contribution < -0.4 is 5.32 Å². The monoisotopic (exact) mass is 259 g/mol. The van der Waals surface area contributed by atoms with Gasteiger partial charge in [0.15, 0.2) is 0 Å². The number of nitrogens with zero attached hydrogens (tertiary/aromatic N) is 4. The summed E-state index contributed by atoms with van der Waals surface area (Å²) < 4.78 is 7.00. The van der Waals surface area contributed by atoms with Gasteiger partial charge in [-0.15, -0.1) is 5.10 Å². The molecule has 6 nitrogen and oxygen atoms in total. The third-order valence-electron chi connectivity index (χ3n) is 3.42. The minimum absolute atomic E-state index is 0.716. The Hall–Kier alpha value is -1.95. The van der Waals surface area contributed by atoms with E-state index in [0.29, 0.717) is 5.92 Å². The summed E-state index contributed by atoms with van der Waals surface area (Å²) in [6, 6.07) is 8.11. The van der Waals surface area contributed by atoms with Gasteiger partial charge in [-0.25, -0.2) is 4.68 Å². The van der Waals surface area contributed by atoms with Gasteiger partial charge in [-0.05, 0) is 53.5 Å². The Morgan fingerprint density at radius 2 is 2.00 bits per heavy atom. The molecule has 1 N–H and O–H groups in total. The molecule has 2 heterocycles. The number of nitrogens with one attached hydrogen (secondary N) is 1. The Kier molecular flexibility index (Phi) is 3.69. The highest BCUT2D eigenvalue weighted by Gasteiger charge is 2.13. The molecule has 0 radical (unpaired) electrons. The zero-order valence-electron chi connectivity index (χ0n) is 10.7. The van der Waals surface area contributed by atoms with Gasteiger partial charge in [0.25, 0.3) is 0 Å². The van der Waals surface area contributed by atoms with Gasteiger partial charge in [-0.1, -0.05) is 0 Å². The maximum atomic E-state index is 5.36. The van der Waals surface area contributed by atoms with E-state index >= 15 is 0 Å². The van der Waals surface area contributed by atoms with Gasteiger partial charge in [-0.2, -0.15) is 0 Å². The predicted molar refractivity (Wildman–Crippen MR) is 71.2 cm³/mol. The van der Waals surface area contributed by atoms with E-state index in [4.69, 9.17) is 4.74 Å². The summed E-state index contributed by atoms with van der Waals surface area (Å²) in [5, 5.41) is 14.6. The summed E-state index contributed by atoms with van der Waals surface area (Å²) in [5.41, 5.74) is 2.09. The van der Waals surface area contributed by atoms with E-state index in [1.807, 2.05) is 12.1 Å². The Bertz CT molecular complexity index is 490. The van der Waals surface area contributed by atoms with Crippen molar-refractivity contribution in [2.24, 2.45) is 5.92 Å². The minimum Gasteiger partial charge on any atom is -0.385 e. The first-order chi connectivity index (χ1) is 9.42. The van der Waals surface area contributed by atoms with Crippen molar-refractivity contribution in [2.75, 3.05) is 25.1 Å². The van der Waals surface area contributed by atoms with Gasteiger partial charge in [0.2, 0.25) is 0 Å². The van der Waals surface area contributed by atoms with Crippen LogP contribution in [0.3, 0.4) is 0 Å². The van der Waals surface area contributed by atoms with Crippen LogP contribution in [0.1, 0.15) is 12.8 Å². The Labute approximate surface area is 111 Å². The number of tetrazole rings is 1. The fourth-order valence-corrected chi connectivity index (χ4v) is 2.22. The van der Waals surface area contributed by atoms with Crippen molar-refractivity contribution in [1.29, 1.82) is 0 Å². The molecule has 0 bridgehead atoms. The SMILES string of the molecule is c1cc(-n2cnnn2)ccc1NCC1CCOCC1. The number of rotatable bonds is 4. The summed E-state index contributed by atoms with van der Waals surface area (Å²) in [6.07, 6.45) is 3.88. The van der Waals surface area contributed by atoms with Crippen LogP contribution in [0.4, 0.5) is 5.69 Å². The first-order valence-corrected chi connectivity index (χ1v) is 6.57. The molecule has 1 saturated heterocycles. The van der Waals surface area contributed by atoms with Crippen LogP contribution in [0.2, 0.25) is 0 Å². The molecule has 1 aromatic heterocycles. The standard InChI is InChI=1S/C13H17N5O/c1-3-13(18-10-15-16-17-18)4-2-12(1)14-9-11-5-7-19-8-6-11/h1-4,10-11,14H,5-9H2. The summed E-state index contributed by atoms with van der Waals surface area (Å²) in [5.74, 6) is 0.716. The average Bonchev–Trinajstić information content (AvgIpc) is 3.01. The zero-order valence-corrected chi connectivity index (χ0v) is 10.7. The first kappa shape index (κ1) is 12.1. The maximum Gasteiger partial charge on any atom is 0.143 e. The van der Waals surface area contributed by atoms with E-state index in [2.05, 4.69) is 33.0 Å². The zero-order chi connectivity index (χ0) is 12.9. The molecular formula is C13H17N5O. The lowest BCUT2D eigenvalue weighted by Gasteiger charge is -2.22. The van der Waals surface area contributed by atoms with Crippen molar-refractivity contribution in [3.05, 3.63) is 30.6 Å². The normalized spacial score (nSPS) is 16.4. The summed E-state index contributed by atoms with van der Waals surface area (Å²) in [7, 11) is 0. The van der Waals surface area contributed by atoms with Crippen LogP contribution in [0.5, 0.6) is 0 Å². The number of ether oxygens (including phenoxy) is 1. The molecule has 1 aliphatic heterocycles. The molecule has 0 spiro atoms. The first-order valence-electron chi connectivity index (χ1n) is 6.57. The third kappa shape index (κ3) is 3.08. The predicted octanol–water partition coefficient (Wildman–Crippen LogP) is 1.50. The van der Waals surface area contributed by atoms with E-state index in [9.17, 15) is 0 Å². The molecule has 0 saturated carbocycles. The van der Waals surface area contributed by atoms with Crippen LogP contribution in [0.25, 0.3) is 5.69 Å². The number of aromatic nitrogens is 4. The van der Waals surface area contributed by atoms with Gasteiger partial charge in [0.1, 0.15) is 6.33 Å². The minimum atomic E-state index is 0.716. The van der Waals surface area contributed by atoms with Gasteiger partial charge in [-0.3, -0.25) is 0 Å². The molecule has 100 valence electrons. The highest BCUT2D eigenvalue weighted by atomic mass is 16.5. The lowest BCUT2D eigenvalue weighted by molar-refractivity contribution is 0.0699. The van der Waals surface area contributed by atoms with Gasteiger partial charge >= 0.3 is 0 Å². The second-order valence-electron chi connectivity index (χ2n) is 4.74. The van der Waals surface area contributed by atoms with Crippen LogP contribution in [-0.4, -0.2) is 40.0 Å². The topological polar surface area (TPSA) is 64.9 Å². The molecular weight excluding hydrogens is 242 g/mol. The molecule has 2 aromatic rings. The van der Waals surface area contributed by atoms with E-state index < -0.39 is 0 Å². The van der Waals surface area contributed by atoms with Crippen molar-refractivity contribution in [3.8, 4) is 5.69 Å². The smallest absolute Gasteiger partial charge is 0.143 e. The lowest BCUT2D eigenvalue weighted by atomic mass is 10.0. The fourth-order valence-electron chi connectivity index (χ4n) is 2.22. The maximum absolute atomic E-state index is 5.36. The second kappa shape index (κ2) is 5.79. The van der Waals surface area contributed by atoms with Gasteiger partial charge in [0, 0.05) is 25.4 Å². The summed E-state index contributed by atoms with van der Waals surface area (Å²) >= 11 is 0. The van der Waals surface area contributed by atoms with E-state index in [0.717, 1.165) is 44.0 Å². The van der Waals surface area contributed by atoms with Gasteiger partial charge < -0.3 is 10.1 Å². The summed E-state index contributed by atoms with van der Waals surface area (Å²) in [6.45, 7) is 2.79. The Morgan fingerprint density at radius 3 is 2.68 bits per heavy atom. The van der Waals surface area contributed by atoms with E-state index in [1.54, 1.807) is 11.0 Å². The number of anilines is 1.